The highest BCUT2D eigenvalue weighted by molar-refractivity contribution is 5.52. The first-order chi connectivity index (χ1) is 5.88. The summed E-state index contributed by atoms with van der Waals surface area (Å²) in [5.41, 5.74) is 1.66. The molecule has 1 aliphatic rings. The number of hydrogen-bond donors (Lipinski definition) is 2. The summed E-state index contributed by atoms with van der Waals surface area (Å²) in [5, 5.41) is 6.26. The summed E-state index contributed by atoms with van der Waals surface area (Å²) in [6, 6.07) is 5.16. The topological polar surface area (TPSA) is 24.1 Å². The molecule has 0 saturated carbocycles. The van der Waals surface area contributed by atoms with Crippen LogP contribution >= 0.6 is 0 Å². The Kier molecular flexibility index (Phi) is 1.96. The number of benzene rings is 1. The monoisotopic (exact) mass is 166 g/mol. The van der Waals surface area contributed by atoms with Gasteiger partial charge >= 0.3 is 0 Å². The molecule has 2 N–H and O–H groups in total. The largest absolute Gasteiger partial charge is 0.381 e. The third kappa shape index (κ3) is 1.28. The molecule has 0 atom stereocenters. The molecule has 12 heavy (non-hydrogen) atoms. The van der Waals surface area contributed by atoms with Crippen molar-refractivity contribution in [3.8, 4) is 0 Å². The maximum Gasteiger partial charge on any atom is 0.146 e. The van der Waals surface area contributed by atoms with Crippen molar-refractivity contribution in [1.29, 1.82) is 0 Å². The van der Waals surface area contributed by atoms with Crippen LogP contribution in [0.3, 0.4) is 0 Å². The smallest absolute Gasteiger partial charge is 0.146 e. The molecular formula is C9H11FN2. The molecule has 0 aromatic heterocycles. The fraction of sp³-hybridized carbons (Fsp3) is 0.333. The van der Waals surface area contributed by atoms with Crippen molar-refractivity contribution in [3.63, 3.8) is 0 Å². The lowest BCUT2D eigenvalue weighted by Gasteiger charge is -2.06. The molecule has 1 heterocycles. The van der Waals surface area contributed by atoms with E-state index >= 15 is 0 Å². The van der Waals surface area contributed by atoms with Gasteiger partial charge < -0.3 is 10.6 Å². The van der Waals surface area contributed by atoms with E-state index in [1.807, 2.05) is 6.07 Å². The van der Waals surface area contributed by atoms with Crippen molar-refractivity contribution in [2.45, 2.75) is 6.54 Å². The number of hydrogen-bond acceptors (Lipinski definition) is 2. The van der Waals surface area contributed by atoms with Crippen LogP contribution in [0.2, 0.25) is 0 Å². The van der Waals surface area contributed by atoms with E-state index in [9.17, 15) is 4.39 Å². The van der Waals surface area contributed by atoms with Crippen LogP contribution in [0.15, 0.2) is 18.2 Å². The quantitative estimate of drug-likeness (QED) is 0.607. The van der Waals surface area contributed by atoms with E-state index in [0.29, 0.717) is 5.69 Å². The summed E-state index contributed by atoms with van der Waals surface area (Å²) < 4.78 is 13.2. The second kappa shape index (κ2) is 3.11. The summed E-state index contributed by atoms with van der Waals surface area (Å²) in [6.07, 6.45) is 0. The van der Waals surface area contributed by atoms with E-state index in [4.69, 9.17) is 0 Å². The van der Waals surface area contributed by atoms with E-state index < -0.39 is 0 Å². The van der Waals surface area contributed by atoms with Crippen LogP contribution in [0, 0.1) is 5.82 Å². The normalized spacial score (nSPS) is 16.1. The van der Waals surface area contributed by atoms with Crippen molar-refractivity contribution in [2.24, 2.45) is 0 Å². The molecule has 2 nitrogen and oxygen atoms in total. The fourth-order valence-corrected chi connectivity index (χ4v) is 1.41. The highest BCUT2D eigenvalue weighted by atomic mass is 19.1. The predicted molar refractivity (Wildman–Crippen MR) is 46.6 cm³/mol. The van der Waals surface area contributed by atoms with Crippen molar-refractivity contribution in [3.05, 3.63) is 29.6 Å². The second-order valence-electron chi connectivity index (χ2n) is 2.88. The number of fused-ring (bicyclic) bond motifs is 1. The first-order valence-electron chi connectivity index (χ1n) is 4.10. The van der Waals surface area contributed by atoms with Gasteiger partial charge in [-0.05, 0) is 11.6 Å². The highest BCUT2D eigenvalue weighted by Crippen LogP contribution is 2.20. The Hall–Kier alpha value is -1.09. The van der Waals surface area contributed by atoms with E-state index in [0.717, 1.165) is 25.2 Å². The van der Waals surface area contributed by atoms with Gasteiger partial charge in [-0.25, -0.2) is 4.39 Å². The molecule has 2 rings (SSSR count). The molecular weight excluding hydrogens is 155 g/mol. The van der Waals surface area contributed by atoms with Gasteiger partial charge in [0.1, 0.15) is 5.82 Å². The Morgan fingerprint density at radius 3 is 3.08 bits per heavy atom. The summed E-state index contributed by atoms with van der Waals surface area (Å²) in [5.74, 6) is -0.156. The molecule has 0 fully saturated rings. The summed E-state index contributed by atoms with van der Waals surface area (Å²) in [6.45, 7) is 2.42. The molecule has 64 valence electrons. The standard InChI is InChI=1S/C9H11FN2/c10-8-3-1-2-7-6-11-4-5-12-9(7)8/h1-3,11-12H,4-6H2. The van der Waals surface area contributed by atoms with Crippen molar-refractivity contribution in [2.75, 3.05) is 18.4 Å². The minimum atomic E-state index is -0.156. The maximum atomic E-state index is 13.2. The number of anilines is 1. The Labute approximate surface area is 70.8 Å². The Balaban J connectivity index is 2.42. The van der Waals surface area contributed by atoms with Gasteiger partial charge in [0.05, 0.1) is 5.69 Å². The Morgan fingerprint density at radius 1 is 1.25 bits per heavy atom. The average molecular weight is 166 g/mol. The van der Waals surface area contributed by atoms with Crippen LogP contribution in [0.25, 0.3) is 0 Å². The third-order valence-corrected chi connectivity index (χ3v) is 2.02. The molecule has 0 bridgehead atoms. The van der Waals surface area contributed by atoms with E-state index in [1.54, 1.807) is 6.07 Å². The fourth-order valence-electron chi connectivity index (χ4n) is 1.41. The number of nitrogens with one attached hydrogen (secondary N) is 2. The van der Waals surface area contributed by atoms with Crippen LogP contribution in [0.4, 0.5) is 10.1 Å². The molecule has 3 heteroatoms. The first-order valence-corrected chi connectivity index (χ1v) is 4.10. The molecule has 0 radical (unpaired) electrons. The highest BCUT2D eigenvalue weighted by Gasteiger charge is 2.09. The summed E-state index contributed by atoms with van der Waals surface area (Å²) in [4.78, 5) is 0. The van der Waals surface area contributed by atoms with Crippen LogP contribution in [0.5, 0.6) is 0 Å². The van der Waals surface area contributed by atoms with Crippen molar-refractivity contribution in [1.82, 2.24) is 5.32 Å². The van der Waals surface area contributed by atoms with Crippen LogP contribution in [0.1, 0.15) is 5.56 Å². The summed E-state index contributed by atoms with van der Waals surface area (Å²) in [7, 11) is 0. The molecule has 1 aliphatic heterocycles. The van der Waals surface area contributed by atoms with Gasteiger partial charge in [-0.1, -0.05) is 12.1 Å². The zero-order chi connectivity index (χ0) is 8.39. The van der Waals surface area contributed by atoms with Gasteiger partial charge in [0.25, 0.3) is 0 Å². The first kappa shape index (κ1) is 7.55. The number of para-hydroxylation sites is 1. The Morgan fingerprint density at radius 2 is 2.17 bits per heavy atom. The van der Waals surface area contributed by atoms with E-state index in [-0.39, 0.29) is 5.82 Å². The van der Waals surface area contributed by atoms with Crippen molar-refractivity contribution >= 4 is 5.69 Å². The van der Waals surface area contributed by atoms with Gasteiger partial charge in [0.2, 0.25) is 0 Å². The predicted octanol–water partition coefficient (Wildman–Crippen LogP) is 1.34. The minimum absolute atomic E-state index is 0.156. The SMILES string of the molecule is Fc1cccc2c1NCCNC2. The minimum Gasteiger partial charge on any atom is -0.381 e. The molecule has 1 aromatic rings. The number of rotatable bonds is 0. The molecule has 0 spiro atoms. The third-order valence-electron chi connectivity index (χ3n) is 2.02. The lowest BCUT2D eigenvalue weighted by atomic mass is 10.2. The second-order valence-corrected chi connectivity index (χ2v) is 2.88. The molecule has 0 aliphatic carbocycles. The van der Waals surface area contributed by atoms with E-state index in [2.05, 4.69) is 10.6 Å². The zero-order valence-electron chi connectivity index (χ0n) is 6.73. The Bertz CT molecular complexity index is 286. The number of halogens is 1. The molecule has 1 aromatic carbocycles. The van der Waals surface area contributed by atoms with Crippen LogP contribution < -0.4 is 10.6 Å². The molecule has 0 amide bonds. The van der Waals surface area contributed by atoms with Crippen LogP contribution in [-0.2, 0) is 6.54 Å². The lowest BCUT2D eigenvalue weighted by Crippen LogP contribution is -2.16. The van der Waals surface area contributed by atoms with Gasteiger partial charge in [0, 0.05) is 19.6 Å². The lowest BCUT2D eigenvalue weighted by molar-refractivity contribution is 0.629. The van der Waals surface area contributed by atoms with Gasteiger partial charge in [0.15, 0.2) is 0 Å². The van der Waals surface area contributed by atoms with Gasteiger partial charge in [-0.15, -0.1) is 0 Å². The van der Waals surface area contributed by atoms with Crippen molar-refractivity contribution < 1.29 is 4.39 Å². The van der Waals surface area contributed by atoms with E-state index in [1.165, 1.54) is 6.07 Å². The molecule has 0 unspecified atom stereocenters. The molecule has 0 saturated heterocycles. The maximum absolute atomic E-state index is 13.2. The van der Waals surface area contributed by atoms with Crippen LogP contribution in [-0.4, -0.2) is 13.1 Å². The average Bonchev–Trinajstić information content (AvgIpc) is 2.30. The summed E-state index contributed by atoms with van der Waals surface area (Å²) >= 11 is 0. The van der Waals surface area contributed by atoms with Gasteiger partial charge in [-0.2, -0.15) is 0 Å². The van der Waals surface area contributed by atoms with Gasteiger partial charge in [-0.3, -0.25) is 0 Å². The zero-order valence-corrected chi connectivity index (χ0v) is 6.73.